The molecule has 0 saturated carbocycles. The Morgan fingerprint density at radius 2 is 1.56 bits per heavy atom. The standard InChI is InChI=1S/C26H23F5N6OS/c1-24(2,3)21-37-19(18-11-12-33-22(32)36-18)20(39-21)14-5-4-6-17(13-14)35-23(38)34-16-9-7-15(8-10-16)25(27,28)26(29,30)31/h4-13H,1-3H3,(H2,32,33,36)(H2,34,35,38). The van der Waals surface area contributed by atoms with Crippen LogP contribution in [0, 0.1) is 0 Å². The highest BCUT2D eigenvalue weighted by molar-refractivity contribution is 7.15. The Hall–Kier alpha value is -4.13. The zero-order valence-electron chi connectivity index (χ0n) is 20.9. The molecule has 204 valence electrons. The third-order valence-electron chi connectivity index (χ3n) is 5.43. The van der Waals surface area contributed by atoms with E-state index in [1.165, 1.54) is 17.5 Å². The fraction of sp³-hybridized carbons (Fsp3) is 0.231. The molecule has 0 atom stereocenters. The number of rotatable bonds is 5. The van der Waals surface area contributed by atoms with Crippen LogP contribution < -0.4 is 16.4 Å². The predicted molar refractivity (Wildman–Crippen MR) is 141 cm³/mol. The number of halogens is 5. The van der Waals surface area contributed by atoms with Crippen molar-refractivity contribution < 1.29 is 26.7 Å². The second-order valence-electron chi connectivity index (χ2n) is 9.56. The van der Waals surface area contributed by atoms with Gasteiger partial charge in [0, 0.05) is 28.6 Å². The molecule has 39 heavy (non-hydrogen) atoms. The molecule has 0 radical (unpaired) electrons. The summed E-state index contributed by atoms with van der Waals surface area (Å²) in [5.74, 6) is -4.90. The number of amides is 2. The van der Waals surface area contributed by atoms with Gasteiger partial charge in [0.2, 0.25) is 5.95 Å². The Balaban J connectivity index is 1.56. The van der Waals surface area contributed by atoms with Crippen LogP contribution in [0.3, 0.4) is 0 Å². The van der Waals surface area contributed by atoms with Crippen molar-refractivity contribution in [3.8, 4) is 21.8 Å². The highest BCUT2D eigenvalue weighted by Crippen LogP contribution is 2.44. The van der Waals surface area contributed by atoms with E-state index < -0.39 is 23.7 Å². The second kappa shape index (κ2) is 10.2. The van der Waals surface area contributed by atoms with E-state index in [-0.39, 0.29) is 17.1 Å². The van der Waals surface area contributed by atoms with E-state index in [4.69, 9.17) is 10.7 Å². The van der Waals surface area contributed by atoms with E-state index in [1.54, 1.807) is 24.3 Å². The lowest BCUT2D eigenvalue weighted by molar-refractivity contribution is -0.289. The number of urea groups is 1. The van der Waals surface area contributed by atoms with Gasteiger partial charge in [0.1, 0.15) is 5.69 Å². The number of aromatic nitrogens is 3. The van der Waals surface area contributed by atoms with Crippen molar-refractivity contribution in [1.82, 2.24) is 15.0 Å². The number of benzene rings is 2. The molecule has 2 amide bonds. The number of nitrogens with one attached hydrogen (secondary N) is 2. The number of alkyl halides is 5. The number of nitrogen functional groups attached to an aromatic ring is 1. The number of carbonyl (C=O) groups excluding carboxylic acids is 1. The van der Waals surface area contributed by atoms with Gasteiger partial charge in [-0.1, -0.05) is 45.0 Å². The van der Waals surface area contributed by atoms with E-state index >= 15 is 0 Å². The number of hydrogen-bond acceptors (Lipinski definition) is 6. The summed E-state index contributed by atoms with van der Waals surface area (Å²) in [6, 6.07) is 11.1. The van der Waals surface area contributed by atoms with Crippen molar-refractivity contribution in [3.05, 3.63) is 71.4 Å². The lowest BCUT2D eigenvalue weighted by Gasteiger charge is -2.20. The summed E-state index contributed by atoms with van der Waals surface area (Å²) in [7, 11) is 0. The number of nitrogens with zero attached hydrogens (tertiary/aromatic N) is 3. The topological polar surface area (TPSA) is 106 Å². The Morgan fingerprint density at radius 1 is 0.897 bits per heavy atom. The SMILES string of the molecule is CC(C)(C)c1nc(-c2ccnc(N)n2)c(-c2cccc(NC(=O)Nc3ccc(C(F)(F)C(F)(F)F)cc3)c2)s1. The smallest absolute Gasteiger partial charge is 0.368 e. The lowest BCUT2D eigenvalue weighted by Crippen LogP contribution is -2.33. The van der Waals surface area contributed by atoms with E-state index in [2.05, 4.69) is 20.6 Å². The molecular formula is C26H23F5N6OS. The number of anilines is 3. The maximum atomic E-state index is 13.5. The van der Waals surface area contributed by atoms with Crippen LogP contribution in [0.15, 0.2) is 60.8 Å². The Bertz CT molecular complexity index is 1500. The summed E-state index contributed by atoms with van der Waals surface area (Å²) in [5, 5.41) is 5.91. The van der Waals surface area contributed by atoms with Gasteiger partial charge in [-0.05, 0) is 35.9 Å². The first-order chi connectivity index (χ1) is 18.1. The molecule has 0 aliphatic heterocycles. The van der Waals surface area contributed by atoms with Crippen LogP contribution in [-0.4, -0.2) is 27.2 Å². The van der Waals surface area contributed by atoms with Crippen LogP contribution in [0.1, 0.15) is 31.3 Å². The molecule has 0 aliphatic rings. The van der Waals surface area contributed by atoms with Gasteiger partial charge in [0.15, 0.2) is 0 Å². The summed E-state index contributed by atoms with van der Waals surface area (Å²) in [6.45, 7) is 6.10. The van der Waals surface area contributed by atoms with Gasteiger partial charge < -0.3 is 16.4 Å². The van der Waals surface area contributed by atoms with E-state index in [1.807, 2.05) is 26.8 Å². The van der Waals surface area contributed by atoms with Gasteiger partial charge in [0.05, 0.1) is 15.6 Å². The highest BCUT2D eigenvalue weighted by Gasteiger charge is 2.58. The second-order valence-corrected chi connectivity index (χ2v) is 10.6. The predicted octanol–water partition coefficient (Wildman–Crippen LogP) is 7.44. The minimum Gasteiger partial charge on any atom is -0.368 e. The monoisotopic (exact) mass is 562 g/mol. The Labute approximate surface area is 224 Å². The minimum atomic E-state index is -5.73. The van der Waals surface area contributed by atoms with Gasteiger partial charge >= 0.3 is 18.1 Å². The quantitative estimate of drug-likeness (QED) is 0.219. The summed E-state index contributed by atoms with van der Waals surface area (Å²) < 4.78 is 64.8. The van der Waals surface area contributed by atoms with Crippen LogP contribution in [0.4, 0.5) is 44.1 Å². The maximum absolute atomic E-state index is 13.5. The van der Waals surface area contributed by atoms with Gasteiger partial charge in [-0.15, -0.1) is 11.3 Å². The van der Waals surface area contributed by atoms with Crippen LogP contribution in [-0.2, 0) is 11.3 Å². The zero-order valence-corrected chi connectivity index (χ0v) is 21.7. The van der Waals surface area contributed by atoms with Crippen molar-refractivity contribution in [2.24, 2.45) is 0 Å². The third kappa shape index (κ3) is 6.14. The van der Waals surface area contributed by atoms with Gasteiger partial charge in [0.25, 0.3) is 0 Å². The van der Waals surface area contributed by atoms with Crippen LogP contribution in [0.2, 0.25) is 0 Å². The van der Waals surface area contributed by atoms with Gasteiger partial charge in [-0.2, -0.15) is 22.0 Å². The maximum Gasteiger partial charge on any atom is 0.458 e. The molecule has 0 unspecified atom stereocenters. The molecule has 13 heteroatoms. The number of carbonyl (C=O) groups is 1. The molecule has 4 aromatic rings. The number of thiazole rings is 1. The molecular weight excluding hydrogens is 539 g/mol. The average Bonchev–Trinajstić information content (AvgIpc) is 3.30. The molecule has 7 nitrogen and oxygen atoms in total. The molecule has 4 N–H and O–H groups in total. The molecule has 0 aliphatic carbocycles. The number of hydrogen-bond donors (Lipinski definition) is 3. The molecule has 0 fully saturated rings. The largest absolute Gasteiger partial charge is 0.458 e. The van der Waals surface area contributed by atoms with Crippen LogP contribution in [0.5, 0.6) is 0 Å². The van der Waals surface area contributed by atoms with Crippen molar-refractivity contribution in [3.63, 3.8) is 0 Å². The molecule has 4 rings (SSSR count). The van der Waals surface area contributed by atoms with Crippen molar-refractivity contribution in [2.45, 2.75) is 38.3 Å². The van der Waals surface area contributed by atoms with Crippen LogP contribution >= 0.6 is 11.3 Å². The van der Waals surface area contributed by atoms with E-state index in [9.17, 15) is 26.7 Å². The van der Waals surface area contributed by atoms with E-state index in [0.29, 0.717) is 29.2 Å². The van der Waals surface area contributed by atoms with E-state index in [0.717, 1.165) is 27.6 Å². The first kappa shape index (κ1) is 27.9. The summed E-state index contributed by atoms with van der Waals surface area (Å²) in [5.41, 5.74) is 6.64. The van der Waals surface area contributed by atoms with Crippen LogP contribution in [0.25, 0.3) is 21.8 Å². The Morgan fingerprint density at radius 3 is 2.18 bits per heavy atom. The lowest BCUT2D eigenvalue weighted by atomic mass is 9.98. The van der Waals surface area contributed by atoms with Crippen molar-refractivity contribution >= 4 is 34.7 Å². The summed E-state index contributed by atoms with van der Waals surface area (Å²) >= 11 is 1.47. The molecule has 0 bridgehead atoms. The fourth-order valence-corrected chi connectivity index (χ4v) is 4.60. The summed E-state index contributed by atoms with van der Waals surface area (Å²) in [4.78, 5) is 26.4. The van der Waals surface area contributed by atoms with Gasteiger partial charge in [-0.25, -0.2) is 19.7 Å². The third-order valence-corrected chi connectivity index (χ3v) is 6.96. The number of nitrogens with two attached hydrogens (primary N) is 1. The Kier molecular flexibility index (Phi) is 7.30. The van der Waals surface area contributed by atoms with Crippen molar-refractivity contribution in [2.75, 3.05) is 16.4 Å². The normalized spacial score (nSPS) is 12.3. The molecule has 2 aromatic heterocycles. The minimum absolute atomic E-state index is 0.0336. The molecule has 2 heterocycles. The molecule has 0 saturated heterocycles. The first-order valence-electron chi connectivity index (χ1n) is 11.5. The fourth-order valence-electron chi connectivity index (χ4n) is 3.47. The van der Waals surface area contributed by atoms with Crippen molar-refractivity contribution in [1.29, 1.82) is 0 Å². The highest BCUT2D eigenvalue weighted by atomic mass is 32.1. The van der Waals surface area contributed by atoms with Gasteiger partial charge in [-0.3, -0.25) is 0 Å². The molecule has 2 aromatic carbocycles. The first-order valence-corrected chi connectivity index (χ1v) is 12.3. The average molecular weight is 563 g/mol. The zero-order chi connectivity index (χ0) is 28.6. The summed E-state index contributed by atoms with van der Waals surface area (Å²) in [6.07, 6.45) is -4.19. The molecule has 0 spiro atoms.